The van der Waals surface area contributed by atoms with Crippen LogP contribution in [0.4, 0.5) is 11.5 Å². The number of rotatable bonds is 5. The van der Waals surface area contributed by atoms with Crippen LogP contribution in [0.3, 0.4) is 0 Å². The summed E-state index contributed by atoms with van der Waals surface area (Å²) in [5, 5.41) is 23.4. The van der Waals surface area contributed by atoms with Crippen LogP contribution in [0.2, 0.25) is 0 Å². The quantitative estimate of drug-likeness (QED) is 0.373. The van der Waals surface area contributed by atoms with Crippen LogP contribution < -0.4 is 15.8 Å². The molecule has 3 aromatic heterocycles. The van der Waals surface area contributed by atoms with Crippen LogP contribution >= 0.6 is 0 Å². The molecule has 31 heavy (non-hydrogen) atoms. The summed E-state index contributed by atoms with van der Waals surface area (Å²) in [6.07, 6.45) is 7.42. The minimum Gasteiger partial charge on any atom is -0.340 e. The van der Waals surface area contributed by atoms with Crippen molar-refractivity contribution in [1.82, 2.24) is 30.1 Å². The number of nitrogens with two attached hydrogens (primary N) is 1. The van der Waals surface area contributed by atoms with Crippen LogP contribution in [0.1, 0.15) is 24.5 Å². The predicted octanol–water partition coefficient (Wildman–Crippen LogP) is 1.98. The molecule has 1 aliphatic heterocycles. The molecule has 0 spiro atoms. The van der Waals surface area contributed by atoms with Gasteiger partial charge in [-0.3, -0.25) is 5.10 Å². The van der Waals surface area contributed by atoms with Crippen molar-refractivity contribution in [3.8, 4) is 11.1 Å². The number of H-pyrrole nitrogens is 1. The Labute approximate surface area is 178 Å². The number of anilines is 2. The Balaban J connectivity index is 1.62. The zero-order valence-electron chi connectivity index (χ0n) is 16.6. The van der Waals surface area contributed by atoms with Crippen molar-refractivity contribution in [2.24, 2.45) is 5.14 Å². The number of fused-ring (bicyclic) bond motifs is 1. The van der Waals surface area contributed by atoms with Gasteiger partial charge in [-0.25, -0.2) is 18.5 Å². The number of hydrogen-bond acceptors (Lipinski definition) is 7. The molecule has 5 N–H and O–H groups in total. The first-order valence-electron chi connectivity index (χ1n) is 9.97. The van der Waals surface area contributed by atoms with Gasteiger partial charge in [0, 0.05) is 41.5 Å². The zero-order chi connectivity index (χ0) is 21.4. The number of benzene rings is 1. The average molecular weight is 439 g/mol. The number of primary sulfonamides is 1. The smallest absolute Gasteiger partial charge is 0.238 e. The average Bonchev–Trinajstić information content (AvgIpc) is 3.44. The molecule has 0 saturated carbocycles. The molecule has 0 aliphatic carbocycles. The van der Waals surface area contributed by atoms with Crippen LogP contribution in [0.25, 0.3) is 16.8 Å². The number of piperidine rings is 1. The van der Waals surface area contributed by atoms with Gasteiger partial charge in [0.1, 0.15) is 5.82 Å². The number of sulfonamides is 1. The molecule has 0 amide bonds. The maximum absolute atomic E-state index is 11.8. The lowest BCUT2D eigenvalue weighted by Crippen LogP contribution is -2.29. The van der Waals surface area contributed by atoms with Gasteiger partial charge >= 0.3 is 0 Å². The van der Waals surface area contributed by atoms with Gasteiger partial charge in [-0.2, -0.15) is 14.7 Å². The third-order valence-corrected chi connectivity index (χ3v) is 6.36. The Kier molecular flexibility index (Phi) is 4.93. The molecule has 1 unspecified atom stereocenters. The van der Waals surface area contributed by atoms with E-state index >= 15 is 0 Å². The highest BCUT2D eigenvalue weighted by Crippen LogP contribution is 2.30. The molecule has 4 heterocycles. The summed E-state index contributed by atoms with van der Waals surface area (Å²) in [6.45, 7) is 1.87. The van der Waals surface area contributed by atoms with Crippen molar-refractivity contribution >= 4 is 27.2 Å². The fourth-order valence-electron chi connectivity index (χ4n) is 3.88. The van der Waals surface area contributed by atoms with E-state index < -0.39 is 10.0 Å². The lowest BCUT2D eigenvalue weighted by atomic mass is 9.96. The van der Waals surface area contributed by atoms with Gasteiger partial charge in [0.2, 0.25) is 10.0 Å². The molecule has 0 bridgehead atoms. The molecule has 1 aliphatic rings. The van der Waals surface area contributed by atoms with Gasteiger partial charge < -0.3 is 10.6 Å². The number of hydrogen-bond donors (Lipinski definition) is 4. The molecule has 5 rings (SSSR count). The summed E-state index contributed by atoms with van der Waals surface area (Å²) in [6, 6.07) is 8.37. The third kappa shape index (κ3) is 3.90. The fourth-order valence-corrected chi connectivity index (χ4v) is 4.44. The second-order valence-corrected chi connectivity index (χ2v) is 9.15. The highest BCUT2D eigenvalue weighted by atomic mass is 32.2. The molecule has 1 saturated heterocycles. The molecule has 10 nitrogen and oxygen atoms in total. The van der Waals surface area contributed by atoms with Crippen molar-refractivity contribution in [3.63, 3.8) is 0 Å². The second-order valence-electron chi connectivity index (χ2n) is 7.59. The Morgan fingerprint density at radius 3 is 2.87 bits per heavy atom. The number of nitrogens with zero attached hydrogens (tertiary/aromatic N) is 4. The van der Waals surface area contributed by atoms with Gasteiger partial charge in [0.15, 0.2) is 5.65 Å². The first-order valence-corrected chi connectivity index (χ1v) is 11.5. The second kappa shape index (κ2) is 7.76. The molecule has 4 aromatic rings. The summed E-state index contributed by atoms with van der Waals surface area (Å²) in [5.74, 6) is 0.967. The fraction of sp³-hybridized carbons (Fsp3) is 0.250. The molecule has 160 valence electrons. The summed E-state index contributed by atoms with van der Waals surface area (Å²) in [5.41, 5.74) is 4.00. The van der Waals surface area contributed by atoms with E-state index in [1.807, 2.05) is 6.07 Å². The van der Waals surface area contributed by atoms with Crippen LogP contribution in [0, 0.1) is 0 Å². The van der Waals surface area contributed by atoms with E-state index in [1.165, 1.54) is 12.1 Å². The van der Waals surface area contributed by atoms with E-state index in [0.717, 1.165) is 42.8 Å². The van der Waals surface area contributed by atoms with Crippen LogP contribution in [0.5, 0.6) is 0 Å². The summed E-state index contributed by atoms with van der Waals surface area (Å²) >= 11 is 0. The van der Waals surface area contributed by atoms with Crippen molar-refractivity contribution in [2.75, 3.05) is 18.4 Å². The van der Waals surface area contributed by atoms with Crippen molar-refractivity contribution in [1.29, 1.82) is 0 Å². The Hall–Kier alpha value is -3.28. The number of aromatic amines is 1. The Morgan fingerprint density at radius 1 is 1.23 bits per heavy atom. The van der Waals surface area contributed by atoms with E-state index in [2.05, 4.69) is 25.9 Å². The largest absolute Gasteiger partial charge is 0.340 e. The van der Waals surface area contributed by atoms with E-state index in [9.17, 15) is 8.42 Å². The number of aromatic nitrogens is 5. The van der Waals surface area contributed by atoms with Gasteiger partial charge in [0.05, 0.1) is 23.0 Å². The third-order valence-electron chi connectivity index (χ3n) is 5.45. The molecular weight excluding hydrogens is 416 g/mol. The van der Waals surface area contributed by atoms with Crippen molar-refractivity contribution in [3.05, 3.63) is 54.6 Å². The lowest BCUT2D eigenvalue weighted by molar-refractivity contribution is 0.455. The summed E-state index contributed by atoms with van der Waals surface area (Å²) in [4.78, 5) is 4.98. The molecular formula is C20H22N8O2S. The first-order chi connectivity index (χ1) is 15.0. The predicted molar refractivity (Wildman–Crippen MR) is 117 cm³/mol. The van der Waals surface area contributed by atoms with Gasteiger partial charge in [-0.05, 0) is 37.6 Å². The van der Waals surface area contributed by atoms with Gasteiger partial charge in [-0.1, -0.05) is 6.07 Å². The van der Waals surface area contributed by atoms with Crippen LogP contribution in [-0.2, 0) is 10.0 Å². The summed E-state index contributed by atoms with van der Waals surface area (Å²) in [7, 11) is -3.80. The normalized spacial score (nSPS) is 17.1. The van der Waals surface area contributed by atoms with Crippen molar-refractivity contribution < 1.29 is 8.42 Å². The Bertz CT molecular complexity index is 1320. The first kappa shape index (κ1) is 19.7. The van der Waals surface area contributed by atoms with Crippen molar-refractivity contribution in [2.45, 2.75) is 23.7 Å². The molecule has 1 aromatic carbocycles. The topological polar surface area (TPSA) is 143 Å². The highest BCUT2D eigenvalue weighted by molar-refractivity contribution is 7.89. The maximum atomic E-state index is 11.8. The monoisotopic (exact) mass is 438 g/mol. The van der Waals surface area contributed by atoms with Gasteiger partial charge in [-0.15, -0.1) is 0 Å². The zero-order valence-corrected chi connectivity index (χ0v) is 17.4. The minimum absolute atomic E-state index is 0.0408. The summed E-state index contributed by atoms with van der Waals surface area (Å²) < 4.78 is 25.2. The van der Waals surface area contributed by atoms with Gasteiger partial charge in [0.25, 0.3) is 0 Å². The minimum atomic E-state index is -3.80. The number of nitrogens with one attached hydrogen (secondary N) is 3. The maximum Gasteiger partial charge on any atom is 0.238 e. The van der Waals surface area contributed by atoms with E-state index in [0.29, 0.717) is 17.2 Å². The lowest BCUT2D eigenvalue weighted by Gasteiger charge is -2.23. The SMILES string of the molecule is NS(=O)(=O)c1cccc(Nc2cc(C3CCCNC3)nc3c(-c4cn[nH]c4)cnn23)c1. The molecule has 11 heteroatoms. The van der Waals surface area contributed by atoms with Crippen LogP contribution in [-0.4, -0.2) is 46.3 Å². The van der Waals surface area contributed by atoms with E-state index in [4.69, 9.17) is 10.1 Å². The van der Waals surface area contributed by atoms with E-state index in [-0.39, 0.29) is 10.8 Å². The van der Waals surface area contributed by atoms with E-state index in [1.54, 1.807) is 35.2 Å². The Morgan fingerprint density at radius 2 is 2.13 bits per heavy atom. The standard InChI is InChI=1S/C20H22N8O2S/c21-31(29,30)16-5-1-4-15(7-16)26-19-8-18(13-3-2-6-22-9-13)27-20-17(12-25-28(19)20)14-10-23-24-11-14/h1,4-5,7-8,10-13,22,26H,2-3,6,9H2,(H,23,24)(H2,21,29,30). The molecule has 1 fully saturated rings. The molecule has 0 radical (unpaired) electrons. The van der Waals surface area contributed by atoms with Crippen LogP contribution in [0.15, 0.2) is 53.8 Å². The highest BCUT2D eigenvalue weighted by Gasteiger charge is 2.21. The molecule has 1 atom stereocenters.